The number of carbonyl (C=O) groups is 18. The van der Waals surface area contributed by atoms with Gasteiger partial charge in [0.1, 0.15) is 90.3 Å². The number of nitrogens with zero attached hydrogens (tertiary/aromatic N) is 1. The summed E-state index contributed by atoms with van der Waals surface area (Å²) in [5.74, 6) is -20.6. The average molecular weight is 1840 g/mol. The zero-order chi connectivity index (χ0) is 95.5. The van der Waals surface area contributed by atoms with Crippen molar-refractivity contribution in [2.24, 2.45) is 23.1 Å². The van der Waals surface area contributed by atoms with E-state index in [0.717, 1.165) is 4.90 Å². The predicted octanol–water partition coefficient (Wildman–Crippen LogP) is -4.08. The number of guanidine groups is 1. The molecule has 1 aliphatic heterocycles. The molecule has 15 amide bonds. The summed E-state index contributed by atoms with van der Waals surface area (Å²) in [4.78, 5) is 256. The molecule has 28 N–H and O–H groups in total. The molecule has 44 nitrogen and oxygen atoms in total. The van der Waals surface area contributed by atoms with Crippen molar-refractivity contribution in [1.29, 1.82) is 5.41 Å². The van der Waals surface area contributed by atoms with Crippen LogP contribution in [0.25, 0.3) is 21.8 Å². The van der Waals surface area contributed by atoms with E-state index in [1.165, 1.54) is 52.0 Å². The van der Waals surface area contributed by atoms with Gasteiger partial charge >= 0.3 is 17.9 Å². The molecule has 1 aliphatic rings. The van der Waals surface area contributed by atoms with Gasteiger partial charge in [-0.3, -0.25) is 91.7 Å². The Kier molecular flexibility index (Phi) is 41.9. The number of rotatable bonds is 53. The lowest BCUT2D eigenvalue weighted by Crippen LogP contribution is -2.61. The lowest BCUT2D eigenvalue weighted by Gasteiger charge is -2.31. The number of carboxylic acid groups (broad SMARTS) is 3. The summed E-state index contributed by atoms with van der Waals surface area (Å²) in [6.07, 6.45) is 0.707. The quantitative estimate of drug-likeness (QED) is 0.00762. The number of nitrogens with two attached hydrogens (primary N) is 3. The van der Waals surface area contributed by atoms with E-state index in [0.29, 0.717) is 64.3 Å². The van der Waals surface area contributed by atoms with E-state index in [-0.39, 0.29) is 75.5 Å². The van der Waals surface area contributed by atoms with Crippen LogP contribution in [0.3, 0.4) is 0 Å². The van der Waals surface area contributed by atoms with Crippen LogP contribution in [-0.4, -0.2) is 276 Å². The Morgan fingerprint density at radius 1 is 0.481 bits per heavy atom. The molecule has 1 saturated heterocycles. The van der Waals surface area contributed by atoms with Crippen molar-refractivity contribution >= 4 is 160 Å². The number of unbranched alkanes of at least 4 members (excludes halogenated alkanes) is 1. The summed E-state index contributed by atoms with van der Waals surface area (Å²) >= 11 is 8.45. The monoisotopic (exact) mass is 1840 g/mol. The van der Waals surface area contributed by atoms with Crippen LogP contribution in [0.5, 0.6) is 5.75 Å². The molecule has 3 aromatic carbocycles. The van der Waals surface area contributed by atoms with Crippen LogP contribution in [0.2, 0.25) is 0 Å². The van der Waals surface area contributed by atoms with Gasteiger partial charge in [0.2, 0.25) is 88.6 Å². The molecular weight excluding hydrogens is 1720 g/mol. The number of aliphatic carboxylic acids is 3. The third-order valence-electron chi connectivity index (χ3n) is 20.9. The van der Waals surface area contributed by atoms with E-state index in [1.807, 2.05) is 0 Å². The number of amides is 15. The molecule has 0 bridgehead atoms. The van der Waals surface area contributed by atoms with Gasteiger partial charge < -0.3 is 132 Å². The minimum atomic E-state index is -1.99. The predicted molar refractivity (Wildman–Crippen MR) is 475 cm³/mol. The van der Waals surface area contributed by atoms with Crippen LogP contribution in [0, 0.1) is 11.3 Å². The Morgan fingerprint density at radius 3 is 1.46 bits per heavy atom. The van der Waals surface area contributed by atoms with Crippen molar-refractivity contribution in [1.82, 2.24) is 94.6 Å². The first kappa shape index (κ1) is 105. The number of likely N-dealkylation sites (tertiary alicyclic amines) is 1. The average Bonchev–Trinajstić information content (AvgIpc) is 1.73. The Labute approximate surface area is 753 Å². The lowest BCUT2D eigenvalue weighted by atomic mass is 9.99. The van der Waals surface area contributed by atoms with Gasteiger partial charge in [0.05, 0.1) is 19.0 Å². The molecule has 3 heterocycles. The maximum Gasteiger partial charge on any atom is 0.325 e. The first-order valence-electron chi connectivity index (χ1n) is 41.9. The number of fused-ring (bicyclic) bond motifs is 2. The second kappa shape index (κ2) is 51.6. The van der Waals surface area contributed by atoms with Gasteiger partial charge in [-0.05, 0) is 132 Å². The summed E-state index contributed by atoms with van der Waals surface area (Å²) < 4.78 is 0. The summed E-state index contributed by atoms with van der Waals surface area (Å²) in [5.41, 5.74) is 19.5. The maximum atomic E-state index is 15.4. The number of thiol groups is 2. The molecule has 15 atom stereocenters. The molecular formula is C83H118N22O22S2. The van der Waals surface area contributed by atoms with Crippen LogP contribution in [0.4, 0.5) is 0 Å². The second-order valence-corrected chi connectivity index (χ2v) is 32.4. The van der Waals surface area contributed by atoms with Crippen molar-refractivity contribution in [3.8, 4) is 5.75 Å². The van der Waals surface area contributed by atoms with E-state index >= 15 is 24.0 Å². The molecule has 6 rings (SSSR count). The number of para-hydroxylation sites is 2. The summed E-state index contributed by atoms with van der Waals surface area (Å²) in [6, 6.07) is -3.44. The highest BCUT2D eigenvalue weighted by Gasteiger charge is 2.42. The first-order chi connectivity index (χ1) is 61.1. The second-order valence-electron chi connectivity index (χ2n) is 31.7. The number of benzene rings is 3. The third-order valence-corrected chi connectivity index (χ3v) is 21.6. The van der Waals surface area contributed by atoms with Crippen molar-refractivity contribution in [3.05, 3.63) is 102 Å². The van der Waals surface area contributed by atoms with Crippen LogP contribution in [-0.2, 0) is 106 Å². The third kappa shape index (κ3) is 33.6. The van der Waals surface area contributed by atoms with E-state index < -0.39 is 241 Å². The standard InChI is InChI=1S/C83H118N22O22S2/c1-41(2)31-57(74(118)104-62(39-128)78(122)94-44(5)68(112)93-43(4)69(113)95-45(6)82(126)127)98-76(120)59(34-48-37-90-54-19-10-8-16-51(48)54)99-72(116)55(20-13-29-88-83(86)87)96-75(119)58(33-47-36-89-53-18-9-7-15-50(47)53)100-73(117)56(26-27-66(108)109)97-80(124)64-21-14-30-105(64)81(125)61(32-46-22-24-49(106)25-23-46)102-77(121)60(35-67(110)111)101-79(123)63(40-129)103-70(114)42(3)92-65(107)38-91-71(115)52(85)17-11-12-28-84/h7-10,15-16,18-19,22-25,36-37,41-45,52,55-64,89-90,106,128-129H,11-14,17,20-21,26-35,38-40,84-85H2,1-6H3,(H,91,115)(H,92,107)(H,93,112)(H,94,122)(H,95,113)(H,96,119)(H,97,124)(H,98,120)(H,99,116)(H,100,117)(H,101,123)(H,102,121)(H,103,114)(H,104,118)(H,108,109)(H,110,111)(H,126,127)(H4,86,87,88)/t42-,43-,44-,45-,52-,55-,56-,57-,58-,59-,60-,61-,62-,63-,64-/m1/s1. The highest BCUT2D eigenvalue weighted by Crippen LogP contribution is 2.25. The van der Waals surface area contributed by atoms with Crippen molar-refractivity contribution in [2.45, 2.75) is 222 Å². The Bertz CT molecular complexity index is 4820. The van der Waals surface area contributed by atoms with Gasteiger partial charge in [0.15, 0.2) is 5.96 Å². The van der Waals surface area contributed by atoms with Crippen LogP contribution in [0.1, 0.15) is 129 Å². The number of phenolic OH excluding ortho intramolecular Hbond substituents is 1. The minimum absolute atomic E-state index is 0.0107. The summed E-state index contributed by atoms with van der Waals surface area (Å²) in [5, 5.41) is 86.1. The molecule has 0 radical (unpaired) electrons. The van der Waals surface area contributed by atoms with E-state index in [9.17, 15) is 82.8 Å². The zero-order valence-corrected chi connectivity index (χ0v) is 74.0. The number of hydrogen-bond donors (Lipinski definition) is 27. The number of aromatic hydroxyl groups is 1. The normalized spacial score (nSPS) is 15.6. The molecule has 2 aromatic heterocycles. The van der Waals surface area contributed by atoms with Gasteiger partial charge in [-0.15, -0.1) is 0 Å². The molecule has 0 saturated carbocycles. The first-order valence-corrected chi connectivity index (χ1v) is 43.2. The number of phenols is 1. The molecule has 129 heavy (non-hydrogen) atoms. The number of hydrogen-bond acceptors (Lipinski definition) is 24. The zero-order valence-electron chi connectivity index (χ0n) is 72.2. The van der Waals surface area contributed by atoms with Gasteiger partial charge in [-0.2, -0.15) is 25.3 Å². The maximum absolute atomic E-state index is 15.4. The number of aromatic nitrogens is 2. The van der Waals surface area contributed by atoms with Crippen LogP contribution in [0.15, 0.2) is 85.2 Å². The van der Waals surface area contributed by atoms with Gasteiger partial charge in [-0.1, -0.05) is 68.8 Å². The van der Waals surface area contributed by atoms with E-state index in [4.69, 9.17) is 22.6 Å². The number of H-pyrrole nitrogens is 2. The highest BCUT2D eigenvalue weighted by atomic mass is 32.1. The molecule has 704 valence electrons. The Hall–Kier alpha value is -13.1. The number of nitrogens with one attached hydrogen (secondary N) is 18. The SMILES string of the molecule is CC(C)C[C@@H](NC(=O)[C@@H](Cc1c[nH]c2ccccc12)NC(=O)[C@@H](CCCNC(=N)N)NC(=O)[C@@H](Cc1c[nH]c2ccccc12)NC(=O)[C@@H](CCC(=O)O)NC(=O)[C@H]1CCCN1C(=O)[C@@H](Cc1ccc(O)cc1)NC(=O)[C@@H](CC(=O)O)NC(=O)[C@@H](CS)NC(=O)[C@@H](C)NC(=O)CNC(=O)[C@H](N)CCCCN)C(=O)N[C@H](CS)C(=O)N[C@H](C)C(=O)N[C@H](C)C(=O)N[C@H](C)C(=O)O. The molecule has 46 heteroatoms. The summed E-state index contributed by atoms with van der Waals surface area (Å²) in [7, 11) is 0. The molecule has 5 aromatic rings. The van der Waals surface area contributed by atoms with Gasteiger partial charge in [0, 0.05) is 84.5 Å². The molecule has 1 fully saturated rings. The minimum Gasteiger partial charge on any atom is -0.508 e. The largest absolute Gasteiger partial charge is 0.508 e. The smallest absolute Gasteiger partial charge is 0.325 e. The molecule has 0 spiro atoms. The lowest BCUT2D eigenvalue weighted by molar-refractivity contribution is -0.144. The fourth-order valence-electron chi connectivity index (χ4n) is 13.8. The van der Waals surface area contributed by atoms with Crippen LogP contribution < -0.4 is 97.0 Å². The fourth-order valence-corrected chi connectivity index (χ4v) is 14.3. The number of carbonyl (C=O) groups excluding carboxylic acids is 15. The number of aromatic amines is 2. The Balaban J connectivity index is 1.26. The number of carboxylic acids is 3. The molecule has 0 aliphatic carbocycles. The van der Waals surface area contributed by atoms with Crippen molar-refractivity contribution < 1.29 is 107 Å². The summed E-state index contributed by atoms with van der Waals surface area (Å²) in [6.45, 7) is 8.09. The Morgan fingerprint density at radius 2 is 0.930 bits per heavy atom. The van der Waals surface area contributed by atoms with Crippen LogP contribution >= 0.6 is 25.3 Å². The van der Waals surface area contributed by atoms with Gasteiger partial charge in [-0.25, -0.2) is 0 Å². The molecule has 0 unspecified atom stereocenters. The van der Waals surface area contributed by atoms with E-state index in [1.54, 1.807) is 74.8 Å². The fraction of sp³-hybridized carbons (Fsp3) is 0.506. The van der Waals surface area contributed by atoms with Crippen molar-refractivity contribution in [3.63, 3.8) is 0 Å². The topological polar surface area (TPSA) is 705 Å². The highest BCUT2D eigenvalue weighted by molar-refractivity contribution is 7.80. The van der Waals surface area contributed by atoms with E-state index in [2.05, 4.69) is 115 Å². The van der Waals surface area contributed by atoms with Gasteiger partial charge in [0.25, 0.3) is 0 Å². The van der Waals surface area contributed by atoms with Crippen molar-refractivity contribution in [2.75, 3.05) is 37.7 Å².